The minimum atomic E-state index is -0.969. The molecular weight excluding hydrogens is 380 g/mol. The third-order valence-corrected chi connectivity index (χ3v) is 6.66. The lowest BCUT2D eigenvalue weighted by atomic mass is 9.96. The van der Waals surface area contributed by atoms with Crippen molar-refractivity contribution < 1.29 is 19.4 Å². The highest BCUT2D eigenvalue weighted by atomic mass is 32.2. The number of carboxylic acid groups (broad SMARTS) is 1. The number of thioether (sulfide) groups is 1. The van der Waals surface area contributed by atoms with Gasteiger partial charge in [-0.2, -0.15) is 0 Å². The maximum atomic E-state index is 12.9. The summed E-state index contributed by atoms with van der Waals surface area (Å²) >= 11 is 1.17. The maximum Gasteiger partial charge on any atom is 0.327 e. The Kier molecular flexibility index (Phi) is 3.94. The molecular formula is C19H18N4O4S. The predicted molar refractivity (Wildman–Crippen MR) is 102 cm³/mol. The summed E-state index contributed by atoms with van der Waals surface area (Å²) in [6, 6.07) is 2.61. The number of anilines is 2. The molecule has 1 fully saturated rings. The van der Waals surface area contributed by atoms with Crippen molar-refractivity contribution in [2.45, 2.75) is 48.6 Å². The minimum absolute atomic E-state index is 0.227. The van der Waals surface area contributed by atoms with E-state index in [1.165, 1.54) is 23.1 Å². The van der Waals surface area contributed by atoms with Crippen LogP contribution in [0.15, 0.2) is 29.6 Å². The number of carbonyl (C=O) groups excluding carboxylic acids is 1. The van der Waals surface area contributed by atoms with Crippen LogP contribution in [0, 0.1) is 6.92 Å². The first-order valence-corrected chi connectivity index (χ1v) is 10.0. The molecule has 0 radical (unpaired) electrons. The van der Waals surface area contributed by atoms with Gasteiger partial charge in [-0.05, 0) is 37.8 Å². The molecule has 4 heterocycles. The Balaban J connectivity index is 1.53. The largest absolute Gasteiger partial charge is 0.480 e. The van der Waals surface area contributed by atoms with Crippen LogP contribution in [0.5, 0.6) is 5.88 Å². The first-order chi connectivity index (χ1) is 13.5. The number of nitrogens with zero attached hydrogens (tertiary/aromatic N) is 3. The minimum Gasteiger partial charge on any atom is -0.480 e. The van der Waals surface area contributed by atoms with Gasteiger partial charge < -0.3 is 15.2 Å². The molecule has 0 bridgehead atoms. The molecule has 2 amide bonds. The Morgan fingerprint density at radius 2 is 2.18 bits per heavy atom. The molecule has 144 valence electrons. The van der Waals surface area contributed by atoms with Gasteiger partial charge in [0, 0.05) is 17.8 Å². The lowest BCUT2D eigenvalue weighted by Gasteiger charge is -2.34. The van der Waals surface area contributed by atoms with Crippen molar-refractivity contribution in [3.05, 3.63) is 35.7 Å². The van der Waals surface area contributed by atoms with Crippen LogP contribution in [0.2, 0.25) is 0 Å². The molecule has 5 rings (SSSR count). The Labute approximate surface area is 165 Å². The monoisotopic (exact) mass is 398 g/mol. The summed E-state index contributed by atoms with van der Waals surface area (Å²) in [5.41, 5.74) is 2.87. The van der Waals surface area contributed by atoms with Gasteiger partial charge in [0.15, 0.2) is 0 Å². The van der Waals surface area contributed by atoms with Crippen molar-refractivity contribution in [1.82, 2.24) is 15.3 Å². The van der Waals surface area contributed by atoms with Crippen LogP contribution in [0.3, 0.4) is 0 Å². The second-order valence-electron chi connectivity index (χ2n) is 7.17. The number of amides is 2. The average Bonchev–Trinajstić information content (AvgIpc) is 3.00. The number of aliphatic carboxylic acids is 1. The number of aromatic nitrogens is 2. The van der Waals surface area contributed by atoms with Gasteiger partial charge in [0.2, 0.25) is 5.88 Å². The molecule has 2 unspecified atom stereocenters. The standard InChI is InChI=1S/C19H18N4O4S/c1-9-7-13(27-10-3-2-4-10)21-8-12(9)23-11-5-6-20-17-14(11)15(22-19(23)26)16(28-17)18(24)25/h5-8,10,15-16H,2-4H2,1H3,(H,22,26)(H,24,25). The van der Waals surface area contributed by atoms with Gasteiger partial charge in [0.25, 0.3) is 0 Å². The number of ether oxygens (including phenoxy) is 1. The zero-order valence-electron chi connectivity index (χ0n) is 15.1. The van der Waals surface area contributed by atoms with E-state index in [1.807, 2.05) is 13.0 Å². The van der Waals surface area contributed by atoms with Gasteiger partial charge in [0.05, 0.1) is 23.6 Å². The molecule has 2 aromatic heterocycles. The summed E-state index contributed by atoms with van der Waals surface area (Å²) in [6.07, 6.45) is 6.73. The number of carbonyl (C=O) groups is 2. The summed E-state index contributed by atoms with van der Waals surface area (Å²) in [5, 5.41) is 12.2. The fourth-order valence-corrected chi connectivity index (χ4v) is 4.90. The number of hydrogen-bond donors (Lipinski definition) is 2. The third kappa shape index (κ3) is 2.61. The van der Waals surface area contributed by atoms with Gasteiger partial charge in [-0.15, -0.1) is 0 Å². The number of carboxylic acids is 1. The number of rotatable bonds is 4. The summed E-state index contributed by atoms with van der Waals surface area (Å²) in [6.45, 7) is 1.90. The molecule has 2 atom stereocenters. The van der Waals surface area contributed by atoms with Gasteiger partial charge in [0.1, 0.15) is 16.4 Å². The lowest BCUT2D eigenvalue weighted by Crippen LogP contribution is -2.47. The zero-order chi connectivity index (χ0) is 19.4. The van der Waals surface area contributed by atoms with Crippen LogP contribution in [0.1, 0.15) is 36.4 Å². The molecule has 3 aliphatic rings. The lowest BCUT2D eigenvalue weighted by molar-refractivity contribution is -0.136. The van der Waals surface area contributed by atoms with E-state index in [9.17, 15) is 14.7 Å². The van der Waals surface area contributed by atoms with Crippen molar-refractivity contribution >= 4 is 35.1 Å². The first kappa shape index (κ1) is 17.3. The van der Waals surface area contributed by atoms with E-state index in [0.29, 0.717) is 22.3 Å². The third-order valence-electron chi connectivity index (χ3n) is 5.39. The van der Waals surface area contributed by atoms with Gasteiger partial charge >= 0.3 is 12.0 Å². The number of pyridine rings is 2. The SMILES string of the molecule is Cc1cc(OC2CCC2)ncc1N1C(=O)NC2c3c1ccnc3SC2C(=O)O. The van der Waals surface area contributed by atoms with Gasteiger partial charge in [-0.1, -0.05) is 11.8 Å². The molecule has 2 aliphatic heterocycles. The molecule has 0 saturated heterocycles. The molecule has 0 aromatic carbocycles. The van der Waals surface area contributed by atoms with E-state index in [-0.39, 0.29) is 12.1 Å². The Morgan fingerprint density at radius 3 is 2.86 bits per heavy atom. The van der Waals surface area contributed by atoms with Crippen molar-refractivity contribution in [2.75, 3.05) is 4.90 Å². The Hall–Kier alpha value is -2.81. The molecule has 28 heavy (non-hydrogen) atoms. The smallest absolute Gasteiger partial charge is 0.327 e. The predicted octanol–water partition coefficient (Wildman–Crippen LogP) is 3.18. The molecule has 1 saturated carbocycles. The summed E-state index contributed by atoms with van der Waals surface area (Å²) in [7, 11) is 0. The number of hydrogen-bond acceptors (Lipinski definition) is 6. The normalized spacial score (nSPS) is 23.0. The number of nitrogens with one attached hydrogen (secondary N) is 1. The van der Waals surface area contributed by atoms with Crippen LogP contribution >= 0.6 is 11.8 Å². The molecule has 2 N–H and O–H groups in total. The van der Waals surface area contributed by atoms with E-state index >= 15 is 0 Å². The average molecular weight is 398 g/mol. The van der Waals surface area contributed by atoms with Gasteiger partial charge in [-0.3, -0.25) is 9.69 Å². The highest BCUT2D eigenvalue weighted by Crippen LogP contribution is 2.50. The Bertz CT molecular complexity index is 994. The maximum absolute atomic E-state index is 12.9. The molecule has 0 spiro atoms. The highest BCUT2D eigenvalue weighted by Gasteiger charge is 2.46. The zero-order valence-corrected chi connectivity index (χ0v) is 15.9. The highest BCUT2D eigenvalue weighted by molar-refractivity contribution is 8.00. The topological polar surface area (TPSA) is 105 Å². The quantitative estimate of drug-likeness (QED) is 0.815. The van der Waals surface area contributed by atoms with Crippen molar-refractivity contribution in [1.29, 1.82) is 0 Å². The Morgan fingerprint density at radius 1 is 1.36 bits per heavy atom. The number of aryl methyl sites for hydroxylation is 1. The second kappa shape index (κ2) is 6.37. The van der Waals surface area contributed by atoms with E-state index in [2.05, 4.69) is 15.3 Å². The van der Waals surface area contributed by atoms with E-state index < -0.39 is 17.3 Å². The molecule has 1 aliphatic carbocycles. The summed E-state index contributed by atoms with van der Waals surface area (Å²) in [5.74, 6) is -0.411. The van der Waals surface area contributed by atoms with Crippen LogP contribution in [-0.4, -0.2) is 38.4 Å². The van der Waals surface area contributed by atoms with Crippen LogP contribution < -0.4 is 15.0 Å². The fraction of sp³-hybridized carbons (Fsp3) is 0.368. The molecule has 8 nitrogen and oxygen atoms in total. The van der Waals surface area contributed by atoms with Gasteiger partial charge in [-0.25, -0.2) is 14.8 Å². The first-order valence-electron chi connectivity index (χ1n) is 9.15. The molecule has 2 aromatic rings. The molecule has 9 heteroatoms. The van der Waals surface area contributed by atoms with Crippen molar-refractivity contribution in [2.24, 2.45) is 0 Å². The van der Waals surface area contributed by atoms with E-state index in [4.69, 9.17) is 4.74 Å². The van der Waals surface area contributed by atoms with E-state index in [0.717, 1.165) is 24.0 Å². The summed E-state index contributed by atoms with van der Waals surface area (Å²) in [4.78, 5) is 34.8. The second-order valence-corrected chi connectivity index (χ2v) is 8.30. The van der Waals surface area contributed by atoms with Crippen LogP contribution in [0.4, 0.5) is 16.2 Å². The van der Waals surface area contributed by atoms with Crippen molar-refractivity contribution in [3.8, 4) is 5.88 Å². The van der Waals surface area contributed by atoms with E-state index in [1.54, 1.807) is 18.5 Å². The summed E-state index contributed by atoms with van der Waals surface area (Å²) < 4.78 is 5.85. The fourth-order valence-electron chi connectivity index (χ4n) is 3.73. The van der Waals surface area contributed by atoms with Crippen LogP contribution in [-0.2, 0) is 4.79 Å². The number of urea groups is 1. The van der Waals surface area contributed by atoms with Crippen LogP contribution in [0.25, 0.3) is 0 Å². The van der Waals surface area contributed by atoms with Crippen molar-refractivity contribution in [3.63, 3.8) is 0 Å².